The van der Waals surface area contributed by atoms with Gasteiger partial charge in [0.15, 0.2) is 5.82 Å². The van der Waals surface area contributed by atoms with E-state index < -0.39 is 0 Å². The average molecular weight is 150 g/mol. The molecule has 2 rings (SSSR count). The molecule has 0 aromatic carbocycles. The third-order valence-electron chi connectivity index (χ3n) is 1.95. The molecule has 0 saturated carbocycles. The van der Waals surface area contributed by atoms with E-state index in [2.05, 4.69) is 22.1 Å². The average Bonchev–Trinajstić information content (AvgIpc) is 2.40. The highest BCUT2D eigenvalue weighted by Gasteiger charge is 2.12. The summed E-state index contributed by atoms with van der Waals surface area (Å²) in [4.78, 5) is 0. The van der Waals surface area contributed by atoms with Crippen molar-refractivity contribution in [2.45, 2.75) is 25.8 Å². The molecule has 0 fully saturated rings. The lowest BCUT2D eigenvalue weighted by Gasteiger charge is -1.96. The molecule has 1 aromatic rings. The summed E-state index contributed by atoms with van der Waals surface area (Å²) in [5.41, 5.74) is 1.06. The van der Waals surface area contributed by atoms with Crippen LogP contribution < -0.4 is 0 Å². The van der Waals surface area contributed by atoms with Gasteiger partial charge in [0.1, 0.15) is 0 Å². The van der Waals surface area contributed by atoms with E-state index in [9.17, 15) is 0 Å². The third-order valence-corrected chi connectivity index (χ3v) is 1.95. The van der Waals surface area contributed by atoms with Gasteiger partial charge >= 0.3 is 0 Å². The number of tetrazole rings is 1. The second kappa shape index (κ2) is 2.45. The van der Waals surface area contributed by atoms with Gasteiger partial charge in [0.25, 0.3) is 0 Å². The Morgan fingerprint density at radius 1 is 1.36 bits per heavy atom. The highest BCUT2D eigenvalue weighted by atomic mass is 15.5. The van der Waals surface area contributed by atoms with E-state index in [4.69, 9.17) is 0 Å². The molecular weight excluding hydrogens is 140 g/mol. The Bertz CT molecular complexity index is 276. The van der Waals surface area contributed by atoms with Gasteiger partial charge in [-0.3, -0.25) is 0 Å². The zero-order valence-electron chi connectivity index (χ0n) is 6.32. The molecule has 0 N–H and O–H groups in total. The first-order valence-electron chi connectivity index (χ1n) is 3.82. The number of nitrogens with zero attached hydrogens (tertiary/aromatic N) is 4. The largest absolute Gasteiger partial charge is 0.226 e. The van der Waals surface area contributed by atoms with Crippen LogP contribution in [-0.4, -0.2) is 20.2 Å². The molecule has 1 aromatic heterocycles. The first kappa shape index (κ1) is 6.52. The minimum absolute atomic E-state index is 0.863. The van der Waals surface area contributed by atoms with Gasteiger partial charge in [-0.15, -0.1) is 5.10 Å². The van der Waals surface area contributed by atoms with Crippen LogP contribution in [0.4, 0.5) is 0 Å². The maximum atomic E-state index is 3.92. The highest BCUT2D eigenvalue weighted by molar-refractivity contribution is 5.56. The van der Waals surface area contributed by atoms with Crippen LogP contribution in [0.25, 0.3) is 5.57 Å². The molecule has 11 heavy (non-hydrogen) atoms. The number of hydrogen-bond acceptors (Lipinski definition) is 3. The monoisotopic (exact) mass is 150 g/mol. The van der Waals surface area contributed by atoms with E-state index in [1.165, 1.54) is 6.42 Å². The van der Waals surface area contributed by atoms with Crippen LogP contribution >= 0.6 is 0 Å². The normalized spacial score (nSPS) is 17.6. The van der Waals surface area contributed by atoms with E-state index in [0.717, 1.165) is 30.8 Å². The van der Waals surface area contributed by atoms with Crippen molar-refractivity contribution in [3.63, 3.8) is 0 Å². The first-order chi connectivity index (χ1) is 5.38. The zero-order valence-corrected chi connectivity index (χ0v) is 6.32. The van der Waals surface area contributed by atoms with Gasteiger partial charge in [-0.25, -0.2) is 4.68 Å². The SMILES string of the molecule is C=C1CCCCn2nnnc21. The van der Waals surface area contributed by atoms with Gasteiger partial charge < -0.3 is 0 Å². The van der Waals surface area contributed by atoms with E-state index in [-0.39, 0.29) is 0 Å². The van der Waals surface area contributed by atoms with Crippen LogP contribution in [0.5, 0.6) is 0 Å². The summed E-state index contributed by atoms with van der Waals surface area (Å²) < 4.78 is 1.83. The smallest absolute Gasteiger partial charge is 0.177 e. The molecule has 1 aliphatic heterocycles. The van der Waals surface area contributed by atoms with Gasteiger partial charge in [0.2, 0.25) is 0 Å². The number of fused-ring (bicyclic) bond motifs is 1. The second-order valence-electron chi connectivity index (χ2n) is 2.79. The minimum Gasteiger partial charge on any atom is -0.226 e. The molecule has 2 heterocycles. The Hall–Kier alpha value is -1.19. The standard InChI is InChI=1S/C7H10N4/c1-6-4-2-3-5-11-7(6)8-9-10-11/h1-5H2. The highest BCUT2D eigenvalue weighted by Crippen LogP contribution is 2.19. The van der Waals surface area contributed by atoms with E-state index >= 15 is 0 Å². The van der Waals surface area contributed by atoms with Crippen molar-refractivity contribution in [1.29, 1.82) is 0 Å². The maximum absolute atomic E-state index is 3.92. The number of aryl methyl sites for hydroxylation is 1. The van der Waals surface area contributed by atoms with E-state index in [1.807, 2.05) is 4.68 Å². The second-order valence-corrected chi connectivity index (χ2v) is 2.79. The number of rotatable bonds is 0. The maximum Gasteiger partial charge on any atom is 0.177 e. The van der Waals surface area contributed by atoms with E-state index in [0.29, 0.717) is 0 Å². The van der Waals surface area contributed by atoms with Crippen LogP contribution in [0.3, 0.4) is 0 Å². The third kappa shape index (κ3) is 1.04. The summed E-state index contributed by atoms with van der Waals surface area (Å²) >= 11 is 0. The molecular formula is C7H10N4. The molecule has 0 radical (unpaired) electrons. The Kier molecular flexibility index (Phi) is 1.45. The van der Waals surface area contributed by atoms with Crippen LogP contribution in [0.2, 0.25) is 0 Å². The Balaban J connectivity index is 2.41. The fraction of sp³-hybridized carbons (Fsp3) is 0.571. The van der Waals surface area contributed by atoms with Crippen LogP contribution in [0.15, 0.2) is 6.58 Å². The topological polar surface area (TPSA) is 43.6 Å². The number of hydrogen-bond donors (Lipinski definition) is 0. The van der Waals surface area contributed by atoms with Gasteiger partial charge in [-0.05, 0) is 35.3 Å². The molecule has 0 saturated heterocycles. The lowest BCUT2D eigenvalue weighted by atomic mass is 10.1. The summed E-state index contributed by atoms with van der Waals surface area (Å²) in [6.07, 6.45) is 3.36. The molecule has 1 aliphatic rings. The molecule has 0 spiro atoms. The summed E-state index contributed by atoms with van der Waals surface area (Å²) in [5.74, 6) is 0.863. The van der Waals surface area contributed by atoms with Crippen molar-refractivity contribution >= 4 is 5.57 Å². The Morgan fingerprint density at radius 2 is 2.27 bits per heavy atom. The molecule has 0 bridgehead atoms. The fourth-order valence-corrected chi connectivity index (χ4v) is 1.32. The summed E-state index contributed by atoms with van der Waals surface area (Å²) in [7, 11) is 0. The van der Waals surface area contributed by atoms with Crippen molar-refractivity contribution in [2.24, 2.45) is 0 Å². The molecule has 0 aliphatic carbocycles. The minimum atomic E-state index is 0.863. The summed E-state index contributed by atoms with van der Waals surface area (Å²) in [6, 6.07) is 0. The molecule has 58 valence electrons. The lowest BCUT2D eigenvalue weighted by Crippen LogP contribution is -2.01. The zero-order chi connectivity index (χ0) is 7.68. The van der Waals surface area contributed by atoms with E-state index in [1.54, 1.807) is 0 Å². The number of allylic oxidation sites excluding steroid dienone is 1. The number of aromatic nitrogens is 4. The Morgan fingerprint density at radius 3 is 3.18 bits per heavy atom. The molecule has 4 heteroatoms. The molecule has 0 amide bonds. The van der Waals surface area contributed by atoms with Gasteiger partial charge in [0.05, 0.1) is 0 Å². The fourth-order valence-electron chi connectivity index (χ4n) is 1.32. The predicted molar refractivity (Wildman–Crippen MR) is 40.7 cm³/mol. The first-order valence-corrected chi connectivity index (χ1v) is 3.82. The van der Waals surface area contributed by atoms with Crippen LogP contribution in [0.1, 0.15) is 25.1 Å². The molecule has 4 nitrogen and oxygen atoms in total. The van der Waals surface area contributed by atoms with Crippen molar-refractivity contribution in [1.82, 2.24) is 20.2 Å². The Labute approximate surface area is 64.9 Å². The summed E-state index contributed by atoms with van der Waals surface area (Å²) in [5, 5.41) is 11.4. The van der Waals surface area contributed by atoms with Crippen molar-refractivity contribution in [3.05, 3.63) is 12.4 Å². The van der Waals surface area contributed by atoms with Gasteiger partial charge in [0, 0.05) is 6.54 Å². The summed E-state index contributed by atoms with van der Waals surface area (Å²) in [6.45, 7) is 4.86. The van der Waals surface area contributed by atoms with Crippen molar-refractivity contribution in [2.75, 3.05) is 0 Å². The molecule has 0 atom stereocenters. The van der Waals surface area contributed by atoms with Crippen molar-refractivity contribution in [3.8, 4) is 0 Å². The molecule has 0 unspecified atom stereocenters. The van der Waals surface area contributed by atoms with Crippen LogP contribution in [-0.2, 0) is 6.54 Å². The van der Waals surface area contributed by atoms with Crippen molar-refractivity contribution < 1.29 is 0 Å². The van der Waals surface area contributed by atoms with Gasteiger partial charge in [-0.2, -0.15) is 0 Å². The quantitative estimate of drug-likeness (QED) is 0.551. The lowest BCUT2D eigenvalue weighted by molar-refractivity contribution is 0.556. The van der Waals surface area contributed by atoms with Gasteiger partial charge in [-0.1, -0.05) is 6.58 Å². The van der Waals surface area contributed by atoms with Crippen LogP contribution in [0, 0.1) is 0 Å². The predicted octanol–water partition coefficient (Wildman–Crippen LogP) is 0.870.